The molecule has 20 heavy (non-hydrogen) atoms. The molecule has 102 valence electrons. The lowest BCUT2D eigenvalue weighted by molar-refractivity contribution is 0.0696. The molecule has 0 atom stereocenters. The number of aromatic carboxylic acids is 1. The third-order valence-corrected chi connectivity index (χ3v) is 3.67. The van der Waals surface area contributed by atoms with E-state index in [0.29, 0.717) is 5.56 Å². The minimum absolute atomic E-state index is 0.368. The highest BCUT2D eigenvalue weighted by Gasteiger charge is 2.17. The number of carbonyl (C=O) groups is 1. The fourth-order valence-corrected chi connectivity index (χ4v) is 2.63. The molecule has 0 amide bonds. The van der Waals surface area contributed by atoms with Crippen molar-refractivity contribution in [2.45, 2.75) is 19.5 Å². The van der Waals surface area contributed by atoms with E-state index in [1.807, 2.05) is 18.3 Å². The summed E-state index contributed by atoms with van der Waals surface area (Å²) in [7, 11) is 0. The summed E-state index contributed by atoms with van der Waals surface area (Å²) in [6, 6.07) is 9.44. The summed E-state index contributed by atoms with van der Waals surface area (Å²) in [4.78, 5) is 17.5. The lowest BCUT2D eigenvalue weighted by atomic mass is 9.97. The van der Waals surface area contributed by atoms with Crippen molar-refractivity contribution in [3.05, 3.63) is 65.0 Å². The quantitative estimate of drug-likeness (QED) is 0.928. The number of rotatable bonds is 3. The van der Waals surface area contributed by atoms with Gasteiger partial charge in [0.2, 0.25) is 0 Å². The van der Waals surface area contributed by atoms with E-state index in [9.17, 15) is 4.79 Å². The van der Waals surface area contributed by atoms with E-state index in [0.717, 1.165) is 31.6 Å². The Morgan fingerprint density at radius 2 is 2.20 bits per heavy atom. The largest absolute Gasteiger partial charge is 0.478 e. The molecule has 1 aliphatic rings. The zero-order valence-corrected chi connectivity index (χ0v) is 11.1. The minimum Gasteiger partial charge on any atom is -0.478 e. The third-order valence-electron chi connectivity index (χ3n) is 3.67. The van der Waals surface area contributed by atoms with E-state index in [1.165, 1.54) is 11.1 Å². The summed E-state index contributed by atoms with van der Waals surface area (Å²) in [5.74, 6) is -0.864. The van der Waals surface area contributed by atoms with E-state index in [4.69, 9.17) is 5.11 Å². The maximum absolute atomic E-state index is 11.0. The van der Waals surface area contributed by atoms with Crippen LogP contribution in [0.5, 0.6) is 0 Å². The van der Waals surface area contributed by atoms with Crippen LogP contribution in [0.15, 0.2) is 42.7 Å². The number of nitrogens with zero attached hydrogens (tertiary/aromatic N) is 2. The topological polar surface area (TPSA) is 53.4 Å². The molecule has 0 unspecified atom stereocenters. The normalized spacial score (nSPS) is 14.8. The molecular weight excluding hydrogens is 252 g/mol. The van der Waals surface area contributed by atoms with Gasteiger partial charge in [-0.05, 0) is 41.3 Å². The van der Waals surface area contributed by atoms with Crippen LogP contribution in [0.1, 0.15) is 27.0 Å². The fraction of sp³-hybridized carbons (Fsp3) is 0.250. The van der Waals surface area contributed by atoms with E-state index in [-0.39, 0.29) is 0 Å². The van der Waals surface area contributed by atoms with Gasteiger partial charge in [0.25, 0.3) is 0 Å². The zero-order chi connectivity index (χ0) is 13.9. The first-order valence-electron chi connectivity index (χ1n) is 6.69. The Morgan fingerprint density at radius 3 is 2.95 bits per heavy atom. The molecule has 0 spiro atoms. The smallest absolute Gasteiger partial charge is 0.335 e. The predicted octanol–water partition coefficient (Wildman–Crippen LogP) is 2.34. The first-order valence-corrected chi connectivity index (χ1v) is 6.69. The third kappa shape index (κ3) is 2.70. The van der Waals surface area contributed by atoms with Gasteiger partial charge in [0.05, 0.1) is 5.56 Å². The molecule has 2 aromatic rings. The minimum atomic E-state index is -0.864. The second-order valence-corrected chi connectivity index (χ2v) is 5.11. The van der Waals surface area contributed by atoms with Gasteiger partial charge >= 0.3 is 5.97 Å². The van der Waals surface area contributed by atoms with E-state index >= 15 is 0 Å². The molecule has 1 aromatic heterocycles. The van der Waals surface area contributed by atoms with Gasteiger partial charge in [-0.15, -0.1) is 0 Å². The lowest BCUT2D eigenvalue weighted by Crippen LogP contribution is -2.30. The van der Waals surface area contributed by atoms with Crippen LogP contribution in [-0.4, -0.2) is 27.5 Å². The molecule has 0 bridgehead atoms. The first kappa shape index (κ1) is 12.8. The van der Waals surface area contributed by atoms with E-state index in [1.54, 1.807) is 18.3 Å². The molecule has 3 rings (SSSR count). The van der Waals surface area contributed by atoms with Gasteiger partial charge < -0.3 is 5.11 Å². The van der Waals surface area contributed by atoms with Crippen molar-refractivity contribution < 1.29 is 9.90 Å². The van der Waals surface area contributed by atoms with Crippen LogP contribution in [0, 0.1) is 0 Å². The van der Waals surface area contributed by atoms with Gasteiger partial charge in [-0.3, -0.25) is 9.88 Å². The maximum Gasteiger partial charge on any atom is 0.335 e. The summed E-state index contributed by atoms with van der Waals surface area (Å²) >= 11 is 0. The van der Waals surface area contributed by atoms with Crippen LogP contribution in [-0.2, 0) is 19.5 Å². The standard InChI is InChI=1S/C16H16N2O2/c19-16(20)14-4-3-13-5-7-18(11-15(13)8-14)10-12-2-1-6-17-9-12/h1-4,6,8-9H,5,7,10-11H2,(H,19,20). The van der Waals surface area contributed by atoms with Crippen molar-refractivity contribution in [1.29, 1.82) is 0 Å². The molecule has 1 N–H and O–H groups in total. The molecule has 1 aliphatic heterocycles. The molecule has 1 aromatic carbocycles. The van der Waals surface area contributed by atoms with E-state index in [2.05, 4.69) is 16.0 Å². The van der Waals surface area contributed by atoms with Crippen LogP contribution < -0.4 is 0 Å². The lowest BCUT2D eigenvalue weighted by Gasteiger charge is -2.28. The highest BCUT2D eigenvalue weighted by molar-refractivity contribution is 5.87. The first-order chi connectivity index (χ1) is 9.72. The number of fused-ring (bicyclic) bond motifs is 1. The monoisotopic (exact) mass is 268 g/mol. The van der Waals surface area contributed by atoms with Crippen LogP contribution >= 0.6 is 0 Å². The molecule has 2 heterocycles. The Bertz CT molecular complexity index is 626. The number of carboxylic acids is 1. The Hall–Kier alpha value is -2.20. The number of aromatic nitrogens is 1. The number of hydrogen-bond acceptors (Lipinski definition) is 3. The molecule has 4 nitrogen and oxygen atoms in total. The van der Waals surface area contributed by atoms with Crippen LogP contribution in [0.3, 0.4) is 0 Å². The molecular formula is C16H16N2O2. The Labute approximate surface area is 117 Å². The Kier molecular flexibility index (Phi) is 3.48. The van der Waals surface area contributed by atoms with Crippen molar-refractivity contribution in [2.75, 3.05) is 6.54 Å². The molecule has 0 radical (unpaired) electrons. The highest BCUT2D eigenvalue weighted by Crippen LogP contribution is 2.21. The van der Waals surface area contributed by atoms with Crippen molar-refractivity contribution >= 4 is 5.97 Å². The second kappa shape index (κ2) is 5.43. The van der Waals surface area contributed by atoms with Gasteiger partial charge in [-0.1, -0.05) is 12.1 Å². The average molecular weight is 268 g/mol. The molecule has 0 fully saturated rings. The summed E-state index contributed by atoms with van der Waals surface area (Å²) in [5.41, 5.74) is 3.94. The Morgan fingerprint density at radius 1 is 1.30 bits per heavy atom. The Balaban J connectivity index is 1.77. The molecule has 0 saturated carbocycles. The van der Waals surface area contributed by atoms with Gasteiger partial charge in [0, 0.05) is 32.0 Å². The van der Waals surface area contributed by atoms with Crippen molar-refractivity contribution in [1.82, 2.24) is 9.88 Å². The highest BCUT2D eigenvalue weighted by atomic mass is 16.4. The summed E-state index contributed by atoms with van der Waals surface area (Å²) < 4.78 is 0. The van der Waals surface area contributed by atoms with Gasteiger partial charge in [-0.2, -0.15) is 0 Å². The predicted molar refractivity (Wildman–Crippen MR) is 75.5 cm³/mol. The number of hydrogen-bond donors (Lipinski definition) is 1. The van der Waals surface area contributed by atoms with Crippen LogP contribution in [0.2, 0.25) is 0 Å². The maximum atomic E-state index is 11.0. The number of benzene rings is 1. The summed E-state index contributed by atoms with van der Waals surface area (Å²) in [6.07, 6.45) is 4.62. The van der Waals surface area contributed by atoms with Gasteiger partial charge in [-0.25, -0.2) is 4.79 Å². The molecule has 0 aliphatic carbocycles. The van der Waals surface area contributed by atoms with Crippen LogP contribution in [0.4, 0.5) is 0 Å². The molecule has 4 heteroatoms. The summed E-state index contributed by atoms with van der Waals surface area (Å²) in [5, 5.41) is 9.07. The van der Waals surface area contributed by atoms with Crippen molar-refractivity contribution in [2.24, 2.45) is 0 Å². The molecule has 0 saturated heterocycles. The second-order valence-electron chi connectivity index (χ2n) is 5.11. The zero-order valence-electron chi connectivity index (χ0n) is 11.1. The number of pyridine rings is 1. The van der Waals surface area contributed by atoms with Gasteiger partial charge in [0.1, 0.15) is 0 Å². The van der Waals surface area contributed by atoms with E-state index < -0.39 is 5.97 Å². The average Bonchev–Trinajstić information content (AvgIpc) is 2.47. The van der Waals surface area contributed by atoms with Crippen molar-refractivity contribution in [3.8, 4) is 0 Å². The van der Waals surface area contributed by atoms with Crippen molar-refractivity contribution in [3.63, 3.8) is 0 Å². The van der Waals surface area contributed by atoms with Gasteiger partial charge in [0.15, 0.2) is 0 Å². The number of carboxylic acid groups (broad SMARTS) is 1. The SMILES string of the molecule is O=C(O)c1ccc2c(c1)CN(Cc1cccnc1)CC2. The summed E-state index contributed by atoms with van der Waals surface area (Å²) in [6.45, 7) is 2.64. The van der Waals surface area contributed by atoms with Crippen LogP contribution in [0.25, 0.3) is 0 Å². The fourth-order valence-electron chi connectivity index (χ4n) is 2.63.